The quantitative estimate of drug-likeness (QED) is 0.591. The molecule has 1 amide bonds. The molecule has 1 aromatic heterocycles. The fraction of sp³-hybridized carbons (Fsp3) is 0.522. The molecule has 2 aliphatic heterocycles. The van der Waals surface area contributed by atoms with Crippen LogP contribution in [-0.2, 0) is 14.8 Å². The first-order valence-corrected chi connectivity index (χ1v) is 13.7. The Morgan fingerprint density at radius 2 is 1.86 bits per heavy atom. The van der Waals surface area contributed by atoms with Gasteiger partial charge in [0.25, 0.3) is 0 Å². The Hall–Kier alpha value is -2.50. The van der Waals surface area contributed by atoms with Crippen molar-refractivity contribution in [1.82, 2.24) is 19.4 Å². The molecule has 1 aromatic carbocycles. The number of carbonyl (C=O) groups excluding carboxylic acids is 1. The van der Waals surface area contributed by atoms with Crippen molar-refractivity contribution in [3.05, 3.63) is 46.9 Å². The molecule has 2 atom stereocenters. The number of halogens is 2. The molecule has 4 rings (SSSR count). The first-order chi connectivity index (χ1) is 16.7. The van der Waals surface area contributed by atoms with Crippen molar-refractivity contribution in [1.29, 1.82) is 0 Å². The zero-order valence-corrected chi connectivity index (χ0v) is 21.3. The lowest BCUT2D eigenvalue weighted by molar-refractivity contribution is -0.135. The zero-order valence-electron chi connectivity index (χ0n) is 19.7. The molecule has 35 heavy (non-hydrogen) atoms. The molecule has 0 unspecified atom stereocenters. The molecule has 0 N–H and O–H groups in total. The van der Waals surface area contributed by atoms with Gasteiger partial charge in [-0.25, -0.2) is 17.1 Å². The maximum atomic E-state index is 15.1. The van der Waals surface area contributed by atoms with Crippen molar-refractivity contribution in [2.45, 2.75) is 18.8 Å². The van der Waals surface area contributed by atoms with Crippen molar-refractivity contribution in [2.24, 2.45) is 5.92 Å². The number of sulfonamides is 1. The largest absolute Gasteiger partial charge is 0.497 e. The van der Waals surface area contributed by atoms with E-state index in [-0.39, 0.29) is 17.6 Å². The molecule has 190 valence electrons. The highest BCUT2D eigenvalue weighted by Gasteiger charge is 2.42. The van der Waals surface area contributed by atoms with E-state index in [4.69, 9.17) is 16.3 Å². The summed E-state index contributed by atoms with van der Waals surface area (Å²) < 4.78 is 45.8. The van der Waals surface area contributed by atoms with Crippen LogP contribution >= 0.6 is 11.6 Å². The monoisotopic (exact) mass is 525 g/mol. The Bertz CT molecular complexity index is 1170. The van der Waals surface area contributed by atoms with Crippen LogP contribution in [0.5, 0.6) is 5.75 Å². The summed E-state index contributed by atoms with van der Waals surface area (Å²) >= 11 is 5.88. The highest BCUT2D eigenvalue weighted by molar-refractivity contribution is 7.88. The molecule has 2 aromatic rings. The number of nitrogens with zero attached hydrogens (tertiary/aromatic N) is 5. The zero-order chi connectivity index (χ0) is 25.2. The van der Waals surface area contributed by atoms with Gasteiger partial charge in [0.15, 0.2) is 11.0 Å². The Balaban J connectivity index is 1.62. The predicted octanol–water partition coefficient (Wildman–Crippen LogP) is 2.38. The third-order valence-electron chi connectivity index (χ3n) is 6.67. The number of ether oxygens (including phenoxy) is 1. The van der Waals surface area contributed by atoms with Gasteiger partial charge in [-0.15, -0.1) is 10.2 Å². The van der Waals surface area contributed by atoms with Crippen molar-refractivity contribution >= 4 is 33.3 Å². The lowest BCUT2D eigenvalue weighted by atomic mass is 9.87. The second-order valence-electron chi connectivity index (χ2n) is 8.91. The summed E-state index contributed by atoms with van der Waals surface area (Å²) in [6.07, 6.45) is 2.55. The number of amides is 1. The molecule has 2 saturated heterocycles. The maximum absolute atomic E-state index is 15.1. The van der Waals surface area contributed by atoms with Gasteiger partial charge in [-0.2, -0.15) is 0 Å². The van der Waals surface area contributed by atoms with E-state index in [1.165, 1.54) is 23.7 Å². The molecular weight excluding hydrogens is 497 g/mol. The molecule has 12 heteroatoms. The molecule has 0 aliphatic carbocycles. The van der Waals surface area contributed by atoms with Crippen LogP contribution in [0.2, 0.25) is 5.15 Å². The maximum Gasteiger partial charge on any atom is 0.228 e. The molecule has 0 bridgehead atoms. The van der Waals surface area contributed by atoms with E-state index in [0.29, 0.717) is 62.7 Å². The van der Waals surface area contributed by atoms with E-state index in [0.717, 1.165) is 0 Å². The Morgan fingerprint density at radius 1 is 1.09 bits per heavy atom. The number of methoxy groups -OCH3 is 1. The van der Waals surface area contributed by atoms with Crippen LogP contribution < -0.4 is 9.64 Å². The average molecular weight is 526 g/mol. The topological polar surface area (TPSA) is 95.9 Å². The van der Waals surface area contributed by atoms with Crippen molar-refractivity contribution in [2.75, 3.05) is 57.5 Å². The van der Waals surface area contributed by atoms with Gasteiger partial charge in [0, 0.05) is 51.3 Å². The van der Waals surface area contributed by atoms with Gasteiger partial charge < -0.3 is 14.5 Å². The summed E-state index contributed by atoms with van der Waals surface area (Å²) in [4.78, 5) is 17.4. The number of hydrogen-bond acceptors (Lipinski definition) is 7. The molecule has 0 spiro atoms. The highest BCUT2D eigenvalue weighted by atomic mass is 35.5. The standard InChI is InChI=1S/C23H29ClFN5O4S/c1-34-16-5-6-17(20(25)13-16)18-14-29(22-8-7-21(24)26-27-22)15-19(18)23(31)28-9-3-4-10-30(12-11-28)35(2,32)33/h5-8,13,18-19H,3-4,9-12,14-15H2,1-2H3/t18-,19+/m0/s1. The van der Waals surface area contributed by atoms with Crippen LogP contribution in [0.1, 0.15) is 24.3 Å². The van der Waals surface area contributed by atoms with Crippen LogP contribution in [0, 0.1) is 11.7 Å². The Morgan fingerprint density at radius 3 is 2.51 bits per heavy atom. The molecule has 2 fully saturated rings. The van der Waals surface area contributed by atoms with E-state index >= 15 is 4.39 Å². The van der Waals surface area contributed by atoms with Gasteiger partial charge in [-0.05, 0) is 36.6 Å². The van der Waals surface area contributed by atoms with Crippen LogP contribution in [-0.4, -0.2) is 86.4 Å². The third-order valence-corrected chi connectivity index (χ3v) is 8.18. The summed E-state index contributed by atoms with van der Waals surface area (Å²) in [5, 5.41) is 8.30. The summed E-state index contributed by atoms with van der Waals surface area (Å²) in [5.41, 5.74) is 0.429. The minimum Gasteiger partial charge on any atom is -0.497 e. The van der Waals surface area contributed by atoms with E-state index < -0.39 is 27.7 Å². The first-order valence-electron chi connectivity index (χ1n) is 11.5. The summed E-state index contributed by atoms with van der Waals surface area (Å²) in [5.74, 6) is -0.572. The highest BCUT2D eigenvalue weighted by Crippen LogP contribution is 2.38. The van der Waals surface area contributed by atoms with Gasteiger partial charge in [0.2, 0.25) is 15.9 Å². The normalized spacial score (nSPS) is 22.1. The average Bonchev–Trinajstić information content (AvgIpc) is 3.23. The molecule has 9 nitrogen and oxygen atoms in total. The molecule has 2 aliphatic rings. The van der Waals surface area contributed by atoms with Gasteiger partial charge in [-0.1, -0.05) is 17.7 Å². The second-order valence-corrected chi connectivity index (χ2v) is 11.3. The predicted molar refractivity (Wildman–Crippen MR) is 131 cm³/mol. The number of benzene rings is 1. The van der Waals surface area contributed by atoms with Gasteiger partial charge in [-0.3, -0.25) is 4.79 Å². The van der Waals surface area contributed by atoms with Crippen molar-refractivity contribution in [3.63, 3.8) is 0 Å². The fourth-order valence-corrected chi connectivity index (χ4v) is 5.78. The fourth-order valence-electron chi connectivity index (χ4n) is 4.80. The van der Waals surface area contributed by atoms with Crippen LogP contribution in [0.3, 0.4) is 0 Å². The third kappa shape index (κ3) is 5.84. The lowest BCUT2D eigenvalue weighted by Crippen LogP contribution is -2.46. The van der Waals surface area contributed by atoms with Gasteiger partial charge >= 0.3 is 0 Å². The smallest absolute Gasteiger partial charge is 0.228 e. The van der Waals surface area contributed by atoms with E-state index in [2.05, 4.69) is 10.2 Å². The van der Waals surface area contributed by atoms with Crippen molar-refractivity contribution < 1.29 is 22.3 Å². The minimum absolute atomic E-state index is 0.120. The molecule has 0 saturated carbocycles. The molecule has 3 heterocycles. The molecular formula is C23H29ClFN5O4S. The number of aromatic nitrogens is 2. The number of rotatable bonds is 5. The van der Waals surface area contributed by atoms with Gasteiger partial charge in [0.05, 0.1) is 19.3 Å². The summed E-state index contributed by atoms with van der Waals surface area (Å²) in [6, 6.07) is 8.02. The number of hydrogen-bond donors (Lipinski definition) is 0. The van der Waals surface area contributed by atoms with E-state index in [1.807, 2.05) is 4.90 Å². The number of anilines is 1. The summed E-state index contributed by atoms with van der Waals surface area (Å²) in [7, 11) is -1.88. The minimum atomic E-state index is -3.35. The van der Waals surface area contributed by atoms with Crippen LogP contribution in [0.15, 0.2) is 30.3 Å². The van der Waals surface area contributed by atoms with E-state index in [9.17, 15) is 13.2 Å². The second kappa shape index (κ2) is 10.6. The van der Waals surface area contributed by atoms with Gasteiger partial charge in [0.1, 0.15) is 11.6 Å². The lowest BCUT2D eigenvalue weighted by Gasteiger charge is -2.32. The first kappa shape index (κ1) is 25.6. The Labute approximate surface area is 209 Å². The van der Waals surface area contributed by atoms with Crippen LogP contribution in [0.25, 0.3) is 0 Å². The van der Waals surface area contributed by atoms with Crippen LogP contribution in [0.4, 0.5) is 10.2 Å². The van der Waals surface area contributed by atoms with Crippen molar-refractivity contribution in [3.8, 4) is 5.75 Å². The summed E-state index contributed by atoms with van der Waals surface area (Å²) in [6.45, 7) is 2.22. The van der Waals surface area contributed by atoms with E-state index in [1.54, 1.807) is 29.2 Å². The Kier molecular flexibility index (Phi) is 7.77. The number of carbonyl (C=O) groups is 1. The SMILES string of the molecule is COc1ccc([C@@H]2CN(c3ccc(Cl)nn3)C[C@H]2C(=O)N2CCCCN(S(C)(=O)=O)CC2)c(F)c1. The molecule has 0 radical (unpaired) electrons.